The molecule has 0 saturated heterocycles. The van der Waals surface area contributed by atoms with Gasteiger partial charge in [0.2, 0.25) is 0 Å². The van der Waals surface area contributed by atoms with Crippen molar-refractivity contribution in [3.63, 3.8) is 0 Å². The molecular formula is C27H42. The van der Waals surface area contributed by atoms with Crippen LogP contribution in [0.5, 0.6) is 0 Å². The van der Waals surface area contributed by atoms with Crippen LogP contribution < -0.4 is 0 Å². The summed E-state index contributed by atoms with van der Waals surface area (Å²) in [6, 6.07) is 9.44. The quantitative estimate of drug-likeness (QED) is 0.491. The zero-order chi connectivity index (χ0) is 18.6. The van der Waals surface area contributed by atoms with Crippen molar-refractivity contribution in [2.75, 3.05) is 0 Å². The molecule has 0 radical (unpaired) electrons. The van der Waals surface area contributed by atoms with Crippen LogP contribution in [0.4, 0.5) is 0 Å². The third kappa shape index (κ3) is 4.80. The van der Waals surface area contributed by atoms with Gasteiger partial charge >= 0.3 is 0 Å². The molecule has 0 heterocycles. The minimum absolute atomic E-state index is 0.845. The zero-order valence-corrected chi connectivity index (χ0v) is 18.0. The predicted molar refractivity (Wildman–Crippen MR) is 117 cm³/mol. The molecule has 0 N–H and O–H groups in total. The maximum Gasteiger partial charge on any atom is -0.0159 e. The predicted octanol–water partition coefficient (Wildman–Crippen LogP) is 8.29. The molecule has 0 bridgehead atoms. The van der Waals surface area contributed by atoms with Gasteiger partial charge in [-0.15, -0.1) is 0 Å². The highest BCUT2D eigenvalue weighted by molar-refractivity contribution is 5.25. The summed E-state index contributed by atoms with van der Waals surface area (Å²) in [5.41, 5.74) is 3.02. The molecule has 0 aromatic heterocycles. The molecule has 3 saturated carbocycles. The van der Waals surface area contributed by atoms with Gasteiger partial charge in [-0.1, -0.05) is 68.9 Å². The van der Waals surface area contributed by atoms with Gasteiger partial charge in [-0.3, -0.25) is 0 Å². The van der Waals surface area contributed by atoms with Gasteiger partial charge in [0.05, 0.1) is 0 Å². The monoisotopic (exact) mass is 366 g/mol. The SMILES string of the molecule is CCCCC1CCC(C2CCC3CC(c4ccc(C)cc4)CCC3C2)CC1. The van der Waals surface area contributed by atoms with Crippen molar-refractivity contribution in [3.8, 4) is 0 Å². The molecule has 1 aromatic rings. The van der Waals surface area contributed by atoms with Crippen LogP contribution in [0.2, 0.25) is 0 Å². The van der Waals surface area contributed by atoms with Crippen molar-refractivity contribution in [1.29, 1.82) is 0 Å². The van der Waals surface area contributed by atoms with Crippen LogP contribution in [0.15, 0.2) is 24.3 Å². The molecule has 4 rings (SSSR count). The summed E-state index contributed by atoms with van der Waals surface area (Å²) in [5, 5.41) is 0. The molecule has 0 heteroatoms. The van der Waals surface area contributed by atoms with E-state index in [9.17, 15) is 0 Å². The fraction of sp³-hybridized carbons (Fsp3) is 0.778. The normalized spacial score (nSPS) is 37.0. The number of hydrogen-bond donors (Lipinski definition) is 0. The molecule has 150 valence electrons. The summed E-state index contributed by atoms with van der Waals surface area (Å²) in [5.74, 6) is 6.17. The number of rotatable bonds is 5. The molecule has 3 aliphatic rings. The first-order chi connectivity index (χ1) is 13.2. The number of benzene rings is 1. The molecule has 3 fully saturated rings. The number of fused-ring (bicyclic) bond motifs is 1. The number of hydrogen-bond acceptors (Lipinski definition) is 0. The van der Waals surface area contributed by atoms with Gasteiger partial charge in [-0.25, -0.2) is 0 Å². The zero-order valence-electron chi connectivity index (χ0n) is 18.0. The third-order valence-corrected chi connectivity index (χ3v) is 8.73. The van der Waals surface area contributed by atoms with E-state index >= 15 is 0 Å². The van der Waals surface area contributed by atoms with Gasteiger partial charge in [-0.05, 0) is 99.4 Å². The van der Waals surface area contributed by atoms with E-state index in [-0.39, 0.29) is 0 Å². The average molecular weight is 367 g/mol. The maximum absolute atomic E-state index is 2.41. The Morgan fingerprint density at radius 1 is 0.704 bits per heavy atom. The first kappa shape index (κ1) is 19.5. The van der Waals surface area contributed by atoms with Crippen molar-refractivity contribution >= 4 is 0 Å². The minimum atomic E-state index is 0.845. The van der Waals surface area contributed by atoms with E-state index in [4.69, 9.17) is 0 Å². The lowest BCUT2D eigenvalue weighted by Crippen LogP contribution is -2.34. The molecule has 1 aromatic carbocycles. The van der Waals surface area contributed by atoms with E-state index in [1.54, 1.807) is 44.1 Å². The van der Waals surface area contributed by atoms with E-state index in [0.29, 0.717) is 0 Å². The van der Waals surface area contributed by atoms with Crippen LogP contribution in [-0.4, -0.2) is 0 Å². The van der Waals surface area contributed by atoms with Crippen LogP contribution in [-0.2, 0) is 0 Å². The average Bonchev–Trinajstić information content (AvgIpc) is 2.72. The van der Waals surface area contributed by atoms with Gasteiger partial charge in [0.15, 0.2) is 0 Å². The van der Waals surface area contributed by atoms with Crippen molar-refractivity contribution in [3.05, 3.63) is 35.4 Å². The van der Waals surface area contributed by atoms with E-state index in [0.717, 1.165) is 35.5 Å². The Bertz CT molecular complexity index is 562. The Morgan fingerprint density at radius 2 is 1.30 bits per heavy atom. The van der Waals surface area contributed by atoms with Gasteiger partial charge in [-0.2, -0.15) is 0 Å². The second-order valence-electron chi connectivity index (χ2n) is 10.4. The molecule has 0 spiro atoms. The minimum Gasteiger partial charge on any atom is -0.0654 e. The Hall–Kier alpha value is -0.780. The molecule has 4 unspecified atom stereocenters. The standard InChI is InChI=1S/C27H42/c1-3-4-5-21-8-12-23(13-9-21)25-15-17-26-18-24(14-16-27(26)19-25)22-10-6-20(2)7-11-22/h6-7,10-11,21,23-27H,3-5,8-9,12-19H2,1-2H3. The van der Waals surface area contributed by atoms with E-state index in [2.05, 4.69) is 38.1 Å². The van der Waals surface area contributed by atoms with Gasteiger partial charge in [0, 0.05) is 0 Å². The summed E-state index contributed by atoms with van der Waals surface area (Å²) in [6.07, 6.45) is 19.7. The second kappa shape index (κ2) is 9.15. The first-order valence-corrected chi connectivity index (χ1v) is 12.3. The summed E-state index contributed by atoms with van der Waals surface area (Å²) >= 11 is 0. The van der Waals surface area contributed by atoms with Crippen LogP contribution in [0, 0.1) is 36.5 Å². The fourth-order valence-electron chi connectivity index (χ4n) is 6.94. The molecule has 3 aliphatic carbocycles. The van der Waals surface area contributed by atoms with Crippen molar-refractivity contribution in [2.24, 2.45) is 29.6 Å². The molecule has 27 heavy (non-hydrogen) atoms. The molecule has 0 amide bonds. The summed E-state index contributed by atoms with van der Waals surface area (Å²) in [4.78, 5) is 0. The molecule has 0 aliphatic heterocycles. The van der Waals surface area contributed by atoms with Crippen LogP contribution in [0.1, 0.15) is 107 Å². The Morgan fingerprint density at radius 3 is 2.00 bits per heavy atom. The first-order valence-electron chi connectivity index (χ1n) is 12.3. The second-order valence-corrected chi connectivity index (χ2v) is 10.4. The number of aryl methyl sites for hydroxylation is 1. The van der Waals surface area contributed by atoms with Crippen molar-refractivity contribution < 1.29 is 0 Å². The molecule has 4 atom stereocenters. The van der Waals surface area contributed by atoms with E-state index < -0.39 is 0 Å². The van der Waals surface area contributed by atoms with Crippen molar-refractivity contribution in [2.45, 2.75) is 103 Å². The highest BCUT2D eigenvalue weighted by Crippen LogP contribution is 2.51. The third-order valence-electron chi connectivity index (χ3n) is 8.73. The lowest BCUT2D eigenvalue weighted by atomic mass is 9.60. The van der Waals surface area contributed by atoms with Crippen LogP contribution >= 0.6 is 0 Å². The highest BCUT2D eigenvalue weighted by Gasteiger charge is 2.38. The lowest BCUT2D eigenvalue weighted by molar-refractivity contribution is 0.0711. The van der Waals surface area contributed by atoms with Gasteiger partial charge < -0.3 is 0 Å². The summed E-state index contributed by atoms with van der Waals surface area (Å²) in [7, 11) is 0. The lowest BCUT2D eigenvalue weighted by Gasteiger charge is -2.45. The summed E-state index contributed by atoms with van der Waals surface area (Å²) < 4.78 is 0. The van der Waals surface area contributed by atoms with Gasteiger partial charge in [0.1, 0.15) is 0 Å². The van der Waals surface area contributed by atoms with E-state index in [1.165, 1.54) is 50.5 Å². The highest BCUT2D eigenvalue weighted by atomic mass is 14.4. The van der Waals surface area contributed by atoms with E-state index in [1.807, 2.05) is 0 Å². The topological polar surface area (TPSA) is 0 Å². The largest absolute Gasteiger partial charge is 0.0654 e. The van der Waals surface area contributed by atoms with Crippen LogP contribution in [0.3, 0.4) is 0 Å². The maximum atomic E-state index is 2.41. The summed E-state index contributed by atoms with van der Waals surface area (Å²) in [6.45, 7) is 4.55. The van der Waals surface area contributed by atoms with Crippen molar-refractivity contribution in [1.82, 2.24) is 0 Å². The number of unbranched alkanes of at least 4 members (excludes halogenated alkanes) is 1. The Labute approximate surface area is 168 Å². The Balaban J connectivity index is 1.26. The molecular weight excluding hydrogens is 324 g/mol. The smallest absolute Gasteiger partial charge is 0.0159 e. The fourth-order valence-corrected chi connectivity index (χ4v) is 6.94. The van der Waals surface area contributed by atoms with Crippen LogP contribution in [0.25, 0.3) is 0 Å². The Kier molecular flexibility index (Phi) is 6.62. The van der Waals surface area contributed by atoms with Gasteiger partial charge in [0.25, 0.3) is 0 Å². The molecule has 0 nitrogen and oxygen atoms in total.